The molecule has 0 aromatic carbocycles. The summed E-state index contributed by atoms with van der Waals surface area (Å²) in [4.78, 5) is 29.5. The predicted molar refractivity (Wildman–Crippen MR) is 98.7 cm³/mol. The largest absolute Gasteiger partial charge is 0.392 e. The Morgan fingerprint density at radius 3 is 2.24 bits per heavy atom. The molecule has 10 heteroatoms. The van der Waals surface area contributed by atoms with E-state index in [1.165, 1.54) is 0 Å². The van der Waals surface area contributed by atoms with Crippen molar-refractivity contribution in [2.24, 2.45) is 22.1 Å². The fourth-order valence-electron chi connectivity index (χ4n) is 3.56. The summed E-state index contributed by atoms with van der Waals surface area (Å²) in [6, 6.07) is -1.50. The number of hydrogen-bond donors (Lipinski definition) is 2. The average Bonchev–Trinajstić information content (AvgIpc) is 2.89. The zero-order valence-electron chi connectivity index (χ0n) is 16.9. The zero-order chi connectivity index (χ0) is 22.2. The molecule has 1 saturated carbocycles. The van der Waals surface area contributed by atoms with Crippen LogP contribution in [0.3, 0.4) is 0 Å². The molecular formula is C19H29F4N3O3. The van der Waals surface area contributed by atoms with Crippen molar-refractivity contribution in [1.29, 1.82) is 0 Å². The quantitative estimate of drug-likeness (QED) is 0.413. The van der Waals surface area contributed by atoms with Gasteiger partial charge in [-0.1, -0.05) is 20.8 Å². The summed E-state index contributed by atoms with van der Waals surface area (Å²) < 4.78 is 54.6. The van der Waals surface area contributed by atoms with Gasteiger partial charge < -0.3 is 15.7 Å². The standard InChI is InChI=1S/C19H29F4N3O3/c1-17(2,3)13(27)8-14(24)25-15(28)12-9-19(22,23)10-26(12)16(29)11-4-6-18(20,21)7-5-11/h11-13,27H,4-10H2,1-3H3,(H2,24,25,28). The molecule has 2 unspecified atom stereocenters. The second kappa shape index (κ2) is 8.20. The normalized spacial score (nSPS) is 26.4. The molecule has 0 aromatic heterocycles. The molecule has 29 heavy (non-hydrogen) atoms. The van der Waals surface area contributed by atoms with Gasteiger partial charge in [0.1, 0.15) is 11.9 Å². The van der Waals surface area contributed by atoms with Crippen molar-refractivity contribution in [3.05, 3.63) is 0 Å². The van der Waals surface area contributed by atoms with E-state index in [4.69, 9.17) is 5.73 Å². The Morgan fingerprint density at radius 1 is 1.17 bits per heavy atom. The molecule has 3 N–H and O–H groups in total. The molecule has 2 atom stereocenters. The van der Waals surface area contributed by atoms with E-state index in [2.05, 4.69) is 4.99 Å². The van der Waals surface area contributed by atoms with Crippen molar-refractivity contribution in [3.8, 4) is 0 Å². The third-order valence-electron chi connectivity index (χ3n) is 5.56. The highest BCUT2D eigenvalue weighted by Crippen LogP contribution is 2.39. The van der Waals surface area contributed by atoms with E-state index >= 15 is 0 Å². The second-order valence-corrected chi connectivity index (χ2v) is 9.20. The number of aliphatic hydroxyl groups is 1. The molecule has 1 aliphatic heterocycles. The molecule has 0 radical (unpaired) electrons. The number of aliphatic imine (C=N–C) groups is 1. The average molecular weight is 423 g/mol. The Morgan fingerprint density at radius 2 is 1.72 bits per heavy atom. The van der Waals surface area contributed by atoms with Crippen LogP contribution >= 0.6 is 0 Å². The molecule has 1 saturated heterocycles. The predicted octanol–water partition coefficient (Wildman–Crippen LogP) is 2.73. The van der Waals surface area contributed by atoms with E-state index in [0.717, 1.165) is 4.90 Å². The van der Waals surface area contributed by atoms with Crippen LogP contribution in [0, 0.1) is 11.3 Å². The lowest BCUT2D eigenvalue weighted by molar-refractivity contribution is -0.144. The first-order valence-corrected chi connectivity index (χ1v) is 9.72. The lowest BCUT2D eigenvalue weighted by Crippen LogP contribution is -2.45. The van der Waals surface area contributed by atoms with E-state index in [9.17, 15) is 32.3 Å². The van der Waals surface area contributed by atoms with Crippen LogP contribution in [0.15, 0.2) is 4.99 Å². The highest BCUT2D eigenvalue weighted by Gasteiger charge is 2.51. The number of amides is 2. The fraction of sp³-hybridized carbons (Fsp3) is 0.842. The van der Waals surface area contributed by atoms with Crippen LogP contribution in [0.4, 0.5) is 17.6 Å². The number of halogens is 4. The van der Waals surface area contributed by atoms with Crippen LogP contribution < -0.4 is 5.73 Å². The van der Waals surface area contributed by atoms with Crippen LogP contribution in [-0.4, -0.2) is 58.2 Å². The smallest absolute Gasteiger partial charge is 0.270 e. The van der Waals surface area contributed by atoms with Crippen LogP contribution in [-0.2, 0) is 9.59 Å². The molecule has 0 spiro atoms. The van der Waals surface area contributed by atoms with Gasteiger partial charge in [0, 0.05) is 31.6 Å². The van der Waals surface area contributed by atoms with E-state index < -0.39 is 72.9 Å². The van der Waals surface area contributed by atoms with Gasteiger partial charge in [-0.3, -0.25) is 9.59 Å². The van der Waals surface area contributed by atoms with E-state index in [1.807, 2.05) is 0 Å². The van der Waals surface area contributed by atoms with Gasteiger partial charge in [0.25, 0.3) is 11.8 Å². The number of alkyl halides is 4. The SMILES string of the molecule is CC(C)(C)C(O)CC(N)=NC(=O)C1CC(F)(F)CN1C(=O)C1CCC(F)(F)CC1. The summed E-state index contributed by atoms with van der Waals surface area (Å²) in [5.74, 6) is -8.87. The number of carbonyl (C=O) groups excluding carboxylic acids is 2. The Labute approximate surface area is 167 Å². The van der Waals surface area contributed by atoms with Gasteiger partial charge in [-0.05, 0) is 18.3 Å². The third kappa shape index (κ3) is 6.13. The van der Waals surface area contributed by atoms with Gasteiger partial charge in [-0.25, -0.2) is 17.6 Å². The van der Waals surface area contributed by atoms with Crippen LogP contribution in [0.2, 0.25) is 0 Å². The van der Waals surface area contributed by atoms with Crippen molar-refractivity contribution in [1.82, 2.24) is 4.90 Å². The summed E-state index contributed by atoms with van der Waals surface area (Å²) in [6.45, 7) is 4.34. The molecule has 1 heterocycles. The molecule has 2 rings (SSSR count). The maximum absolute atomic E-state index is 14.0. The minimum absolute atomic E-state index is 0.113. The topological polar surface area (TPSA) is 96.0 Å². The third-order valence-corrected chi connectivity index (χ3v) is 5.56. The molecule has 0 aromatic rings. The number of likely N-dealkylation sites (tertiary alicyclic amines) is 1. The molecule has 166 valence electrons. The highest BCUT2D eigenvalue weighted by atomic mass is 19.3. The summed E-state index contributed by atoms with van der Waals surface area (Å²) in [7, 11) is 0. The molecular weight excluding hydrogens is 394 g/mol. The fourth-order valence-corrected chi connectivity index (χ4v) is 3.56. The van der Waals surface area contributed by atoms with Gasteiger partial charge in [-0.15, -0.1) is 0 Å². The first kappa shape index (κ1) is 23.6. The maximum Gasteiger partial charge on any atom is 0.270 e. The van der Waals surface area contributed by atoms with Crippen LogP contribution in [0.1, 0.15) is 59.3 Å². The summed E-state index contributed by atoms with van der Waals surface area (Å²) in [6.07, 6.45) is -3.10. The molecule has 2 amide bonds. The zero-order valence-corrected chi connectivity index (χ0v) is 16.9. The number of amidine groups is 1. The van der Waals surface area contributed by atoms with Crippen molar-refractivity contribution in [2.75, 3.05) is 6.54 Å². The maximum atomic E-state index is 14.0. The summed E-state index contributed by atoms with van der Waals surface area (Å²) in [5.41, 5.74) is 5.18. The van der Waals surface area contributed by atoms with Gasteiger partial charge in [0.15, 0.2) is 0 Å². The van der Waals surface area contributed by atoms with E-state index in [-0.39, 0.29) is 25.1 Å². The van der Waals surface area contributed by atoms with E-state index in [0.29, 0.717) is 0 Å². The van der Waals surface area contributed by atoms with Crippen molar-refractivity contribution >= 4 is 17.6 Å². The Balaban J connectivity index is 2.11. The van der Waals surface area contributed by atoms with Gasteiger partial charge >= 0.3 is 0 Å². The second-order valence-electron chi connectivity index (χ2n) is 9.20. The molecule has 2 aliphatic rings. The monoisotopic (exact) mass is 423 g/mol. The number of rotatable bonds is 4. The van der Waals surface area contributed by atoms with Crippen molar-refractivity contribution in [3.63, 3.8) is 0 Å². The molecule has 1 aliphatic carbocycles. The van der Waals surface area contributed by atoms with Gasteiger partial charge in [-0.2, -0.15) is 4.99 Å². The van der Waals surface area contributed by atoms with Crippen LogP contribution in [0.25, 0.3) is 0 Å². The number of nitrogens with zero attached hydrogens (tertiary/aromatic N) is 2. The minimum atomic E-state index is -3.27. The van der Waals surface area contributed by atoms with Crippen molar-refractivity contribution < 1.29 is 32.3 Å². The Bertz CT molecular complexity index is 666. The minimum Gasteiger partial charge on any atom is -0.392 e. The molecule has 0 bridgehead atoms. The number of nitrogens with two attached hydrogens (primary N) is 1. The number of carbonyl (C=O) groups is 2. The summed E-state index contributed by atoms with van der Waals surface area (Å²) >= 11 is 0. The van der Waals surface area contributed by atoms with Crippen LogP contribution in [0.5, 0.6) is 0 Å². The Kier molecular flexibility index (Phi) is 6.66. The lowest BCUT2D eigenvalue weighted by Gasteiger charge is -2.31. The van der Waals surface area contributed by atoms with Gasteiger partial charge in [0.05, 0.1) is 12.6 Å². The van der Waals surface area contributed by atoms with Crippen molar-refractivity contribution in [2.45, 2.75) is 83.3 Å². The van der Waals surface area contributed by atoms with E-state index in [1.54, 1.807) is 20.8 Å². The number of hydrogen-bond acceptors (Lipinski definition) is 3. The highest BCUT2D eigenvalue weighted by molar-refractivity contribution is 5.98. The number of aliphatic hydroxyl groups excluding tert-OH is 1. The first-order valence-electron chi connectivity index (χ1n) is 9.72. The lowest BCUT2D eigenvalue weighted by atomic mass is 9.85. The summed E-state index contributed by atoms with van der Waals surface area (Å²) in [5, 5.41) is 10.1. The molecule has 6 nitrogen and oxygen atoms in total. The Hall–Kier alpha value is -1.71. The molecule has 2 fully saturated rings. The van der Waals surface area contributed by atoms with Gasteiger partial charge in [0.2, 0.25) is 11.8 Å². The first-order chi connectivity index (χ1) is 13.1.